The lowest BCUT2D eigenvalue weighted by atomic mass is 9.83. The van der Waals surface area contributed by atoms with E-state index in [1.54, 1.807) is 0 Å². The maximum atomic E-state index is 2.49. The highest BCUT2D eigenvalue weighted by molar-refractivity contribution is 6.11. The predicted octanol–water partition coefficient (Wildman–Crippen LogP) is 14.8. The minimum Gasteiger partial charge on any atom is -0.309 e. The second-order valence-corrected chi connectivity index (χ2v) is 15.7. The molecular formula is C57H42N2. The fraction of sp³-hybridized carbons (Fsp3) is 0.0526. The fourth-order valence-corrected chi connectivity index (χ4v) is 9.48. The van der Waals surface area contributed by atoms with E-state index in [2.05, 4.69) is 234 Å². The van der Waals surface area contributed by atoms with Gasteiger partial charge >= 0.3 is 0 Å². The van der Waals surface area contributed by atoms with Crippen molar-refractivity contribution >= 4 is 43.6 Å². The summed E-state index contributed by atoms with van der Waals surface area (Å²) in [7, 11) is 0. The number of fused-ring (bicyclic) bond motifs is 6. The van der Waals surface area contributed by atoms with E-state index in [0.717, 1.165) is 12.8 Å². The van der Waals surface area contributed by atoms with Gasteiger partial charge in [0.1, 0.15) is 0 Å². The van der Waals surface area contributed by atoms with Crippen LogP contribution in [0.15, 0.2) is 224 Å². The molecule has 9 aromatic carbocycles. The molecule has 0 saturated carbocycles. The highest BCUT2D eigenvalue weighted by Gasteiger charge is 2.22. The quantitative estimate of drug-likeness (QED) is 0.139. The Labute approximate surface area is 344 Å². The highest BCUT2D eigenvalue weighted by atomic mass is 15.0. The molecule has 11 rings (SSSR count). The summed E-state index contributed by atoms with van der Waals surface area (Å²) in [5.74, 6) is 0.192. The van der Waals surface area contributed by atoms with Gasteiger partial charge < -0.3 is 9.13 Å². The molecule has 0 N–H and O–H groups in total. The first kappa shape index (κ1) is 34.8. The van der Waals surface area contributed by atoms with E-state index >= 15 is 0 Å². The average molecular weight is 755 g/mol. The van der Waals surface area contributed by atoms with Crippen LogP contribution in [0.3, 0.4) is 0 Å². The largest absolute Gasteiger partial charge is 0.309 e. The third-order valence-electron chi connectivity index (χ3n) is 12.1. The maximum Gasteiger partial charge on any atom is 0.0543 e. The molecule has 2 heteroatoms. The molecule has 1 atom stereocenters. The second-order valence-electron chi connectivity index (χ2n) is 15.7. The van der Waals surface area contributed by atoms with E-state index in [1.807, 2.05) is 0 Å². The first-order chi connectivity index (χ1) is 29.3. The van der Waals surface area contributed by atoms with Gasteiger partial charge in [-0.15, -0.1) is 0 Å². The van der Waals surface area contributed by atoms with Crippen LogP contribution in [0.2, 0.25) is 0 Å². The van der Waals surface area contributed by atoms with Crippen molar-refractivity contribution in [2.75, 3.05) is 0 Å². The van der Waals surface area contributed by atoms with Gasteiger partial charge in [0.2, 0.25) is 0 Å². The maximum absolute atomic E-state index is 2.49. The molecule has 0 saturated heterocycles. The monoisotopic (exact) mass is 754 g/mol. The van der Waals surface area contributed by atoms with Crippen molar-refractivity contribution in [3.8, 4) is 33.6 Å². The van der Waals surface area contributed by atoms with Crippen molar-refractivity contribution in [2.45, 2.75) is 18.8 Å². The summed E-state index contributed by atoms with van der Waals surface area (Å²) in [6, 6.07) is 82.4. The normalized spacial score (nSPS) is 12.1. The van der Waals surface area contributed by atoms with Gasteiger partial charge in [-0.1, -0.05) is 164 Å². The van der Waals surface area contributed by atoms with E-state index in [4.69, 9.17) is 0 Å². The zero-order valence-corrected chi connectivity index (χ0v) is 32.7. The number of hydrogen-bond acceptors (Lipinski definition) is 0. The predicted molar refractivity (Wildman–Crippen MR) is 249 cm³/mol. The molecule has 59 heavy (non-hydrogen) atoms. The summed E-state index contributed by atoms with van der Waals surface area (Å²) in [4.78, 5) is 0. The van der Waals surface area contributed by atoms with Crippen LogP contribution < -0.4 is 0 Å². The third kappa shape index (κ3) is 6.31. The van der Waals surface area contributed by atoms with Gasteiger partial charge in [0.05, 0.1) is 22.1 Å². The summed E-state index contributed by atoms with van der Waals surface area (Å²) in [5.41, 5.74) is 16.3. The molecule has 0 bridgehead atoms. The van der Waals surface area contributed by atoms with Crippen LogP contribution >= 0.6 is 0 Å². The van der Waals surface area contributed by atoms with Crippen molar-refractivity contribution in [2.24, 2.45) is 0 Å². The molecular weight excluding hydrogens is 713 g/mol. The number of hydrogen-bond donors (Lipinski definition) is 0. The van der Waals surface area contributed by atoms with Crippen LogP contribution in [0.5, 0.6) is 0 Å². The Bertz CT molecular complexity index is 3190. The minimum atomic E-state index is 0.192. The van der Waals surface area contributed by atoms with Crippen LogP contribution in [-0.2, 0) is 12.8 Å². The summed E-state index contributed by atoms with van der Waals surface area (Å²) in [6.07, 6.45) is 1.77. The molecule has 1 unspecified atom stereocenters. The van der Waals surface area contributed by atoms with E-state index < -0.39 is 0 Å². The summed E-state index contributed by atoms with van der Waals surface area (Å²) in [6.45, 7) is 0. The Morgan fingerprint density at radius 2 is 0.814 bits per heavy atom. The van der Waals surface area contributed by atoms with Crippen molar-refractivity contribution in [1.82, 2.24) is 9.13 Å². The first-order valence-electron chi connectivity index (χ1n) is 20.7. The van der Waals surface area contributed by atoms with Crippen molar-refractivity contribution in [3.05, 3.63) is 241 Å². The van der Waals surface area contributed by atoms with E-state index in [1.165, 1.54) is 93.9 Å². The Balaban J connectivity index is 1.11. The van der Waals surface area contributed by atoms with Gasteiger partial charge in [-0.3, -0.25) is 0 Å². The third-order valence-corrected chi connectivity index (χ3v) is 12.1. The molecule has 2 aromatic heterocycles. The van der Waals surface area contributed by atoms with Gasteiger partial charge in [0.25, 0.3) is 0 Å². The lowest BCUT2D eigenvalue weighted by Gasteiger charge is -2.21. The highest BCUT2D eigenvalue weighted by Crippen LogP contribution is 2.40. The van der Waals surface area contributed by atoms with E-state index in [9.17, 15) is 0 Å². The van der Waals surface area contributed by atoms with Crippen LogP contribution in [0.25, 0.3) is 77.2 Å². The van der Waals surface area contributed by atoms with Crippen LogP contribution in [-0.4, -0.2) is 9.13 Å². The fourth-order valence-electron chi connectivity index (χ4n) is 9.48. The SMILES string of the molecule is c1ccc(-c2cc(CC(Cc3cccc4c3c3ccccc3n4-c3ccccc3)c3ccc4c(c3)c3ccccc3n4-c3ccccc3)cc(-c3ccccc3)c2)cc1. The Morgan fingerprint density at radius 1 is 0.322 bits per heavy atom. The summed E-state index contributed by atoms with van der Waals surface area (Å²) < 4.78 is 4.85. The number of aromatic nitrogens is 2. The van der Waals surface area contributed by atoms with Gasteiger partial charge in [0.15, 0.2) is 0 Å². The topological polar surface area (TPSA) is 9.86 Å². The summed E-state index contributed by atoms with van der Waals surface area (Å²) in [5, 5.41) is 5.19. The number of rotatable bonds is 9. The average Bonchev–Trinajstić information content (AvgIpc) is 3.83. The molecule has 280 valence electrons. The number of nitrogens with zero attached hydrogens (tertiary/aromatic N) is 2. The van der Waals surface area contributed by atoms with Crippen LogP contribution in [0.4, 0.5) is 0 Å². The zero-order chi connectivity index (χ0) is 39.1. The molecule has 11 aromatic rings. The number of benzene rings is 9. The smallest absolute Gasteiger partial charge is 0.0543 e. The Hall–Kier alpha value is -7.42. The molecule has 0 aliphatic heterocycles. The molecule has 2 heterocycles. The summed E-state index contributed by atoms with van der Waals surface area (Å²) >= 11 is 0. The van der Waals surface area contributed by atoms with Crippen LogP contribution in [0, 0.1) is 0 Å². The van der Waals surface area contributed by atoms with Gasteiger partial charge in [-0.25, -0.2) is 0 Å². The lowest BCUT2D eigenvalue weighted by Crippen LogP contribution is -2.08. The molecule has 0 aliphatic rings. The second kappa shape index (κ2) is 14.8. The van der Waals surface area contributed by atoms with Crippen molar-refractivity contribution in [1.29, 1.82) is 0 Å². The molecule has 0 amide bonds. The van der Waals surface area contributed by atoms with E-state index in [-0.39, 0.29) is 5.92 Å². The Kier molecular flexibility index (Phi) is 8.74. The molecule has 0 spiro atoms. The lowest BCUT2D eigenvalue weighted by molar-refractivity contribution is 0.684. The molecule has 0 fully saturated rings. The van der Waals surface area contributed by atoms with Crippen molar-refractivity contribution < 1.29 is 0 Å². The molecule has 0 aliphatic carbocycles. The van der Waals surface area contributed by atoms with E-state index in [0.29, 0.717) is 0 Å². The van der Waals surface area contributed by atoms with Crippen molar-refractivity contribution in [3.63, 3.8) is 0 Å². The molecule has 2 nitrogen and oxygen atoms in total. The zero-order valence-electron chi connectivity index (χ0n) is 32.7. The number of para-hydroxylation sites is 4. The van der Waals surface area contributed by atoms with Crippen LogP contribution in [0.1, 0.15) is 22.6 Å². The Morgan fingerprint density at radius 3 is 1.44 bits per heavy atom. The van der Waals surface area contributed by atoms with Gasteiger partial charge in [0, 0.05) is 32.9 Å². The molecule has 0 radical (unpaired) electrons. The standard InChI is InChI=1S/C57H42N2/c1-5-18-41(19-6-1)45-34-40(35-46(38-45)42-20-7-2-8-21-42)36-47(43-32-33-55-52(39-43)50-27-13-15-29-53(50)58(55)48-23-9-3-10-24-48)37-44-22-17-31-56-57(44)51-28-14-16-30-54(51)59(56)49-25-11-4-12-26-49/h1-35,38-39,47H,36-37H2. The minimum absolute atomic E-state index is 0.192. The van der Waals surface area contributed by atoms with Gasteiger partial charge in [-0.05, 0) is 118 Å². The van der Waals surface area contributed by atoms with Gasteiger partial charge in [-0.2, -0.15) is 0 Å². The first-order valence-corrected chi connectivity index (χ1v) is 20.7.